The monoisotopic (exact) mass is 326 g/mol. The van der Waals surface area contributed by atoms with Crippen LogP contribution in [0.2, 0.25) is 0 Å². The molecule has 0 radical (unpaired) electrons. The van der Waals surface area contributed by atoms with Gasteiger partial charge in [-0.3, -0.25) is 5.32 Å². The van der Waals surface area contributed by atoms with Crippen LogP contribution in [0, 0.1) is 11.3 Å². The number of carboxylic acid groups (broad SMARTS) is 1. The minimum absolute atomic E-state index is 0.00139. The Bertz CT molecular complexity index is 626. The maximum atomic E-state index is 11.6. The van der Waals surface area contributed by atoms with E-state index in [-0.39, 0.29) is 17.4 Å². The standard InChI is InChI=1S/C12H14N4O5S/c1-12(2,3)21-11(19)15-10-14-7(6-22-10)8(9(17)18)16-20-5-4-13/h6H,5H2,1-3H3,(H,17,18)(H,14,15,19)/b16-8-. The van der Waals surface area contributed by atoms with Crippen molar-refractivity contribution in [3.05, 3.63) is 11.1 Å². The first-order chi connectivity index (χ1) is 10.2. The molecule has 10 heteroatoms. The number of nitrogens with zero attached hydrogens (tertiary/aromatic N) is 3. The second kappa shape index (κ2) is 7.37. The van der Waals surface area contributed by atoms with Crippen molar-refractivity contribution in [1.29, 1.82) is 5.26 Å². The van der Waals surface area contributed by atoms with Gasteiger partial charge in [-0.1, -0.05) is 5.16 Å². The molecule has 0 bridgehead atoms. The van der Waals surface area contributed by atoms with E-state index in [0.717, 1.165) is 11.3 Å². The smallest absolute Gasteiger partial charge is 0.413 e. The molecule has 9 nitrogen and oxygen atoms in total. The summed E-state index contributed by atoms with van der Waals surface area (Å²) in [7, 11) is 0. The number of carboxylic acids is 1. The van der Waals surface area contributed by atoms with E-state index in [1.165, 1.54) is 5.38 Å². The van der Waals surface area contributed by atoms with Crippen molar-refractivity contribution in [2.24, 2.45) is 5.16 Å². The summed E-state index contributed by atoms with van der Waals surface area (Å²) in [4.78, 5) is 31.1. The number of rotatable bonds is 5. The molecule has 2 N–H and O–H groups in total. The first-order valence-electron chi connectivity index (χ1n) is 5.99. The minimum Gasteiger partial charge on any atom is -0.476 e. The number of nitrogens with one attached hydrogen (secondary N) is 1. The number of ether oxygens (including phenoxy) is 1. The van der Waals surface area contributed by atoms with Gasteiger partial charge in [0, 0.05) is 5.38 Å². The fraction of sp³-hybridized carbons (Fsp3) is 0.417. The van der Waals surface area contributed by atoms with Crippen molar-refractivity contribution < 1.29 is 24.3 Å². The molecule has 118 valence electrons. The summed E-state index contributed by atoms with van der Waals surface area (Å²) in [5.74, 6) is -1.37. The molecule has 0 saturated heterocycles. The van der Waals surface area contributed by atoms with Gasteiger partial charge in [0.2, 0.25) is 12.3 Å². The summed E-state index contributed by atoms with van der Waals surface area (Å²) < 4.78 is 5.05. The molecule has 0 fully saturated rings. The lowest BCUT2D eigenvalue weighted by atomic mass is 10.2. The summed E-state index contributed by atoms with van der Waals surface area (Å²) >= 11 is 1.00. The average molecular weight is 326 g/mol. The first kappa shape index (κ1) is 17.4. The number of carbonyl (C=O) groups excluding carboxylic acids is 1. The predicted molar refractivity (Wildman–Crippen MR) is 77.7 cm³/mol. The number of aromatic nitrogens is 1. The van der Waals surface area contributed by atoms with E-state index in [1.807, 2.05) is 0 Å². The Kier molecular flexibility index (Phi) is 5.82. The fourth-order valence-electron chi connectivity index (χ4n) is 1.15. The van der Waals surface area contributed by atoms with Gasteiger partial charge in [-0.15, -0.1) is 11.3 Å². The molecule has 0 aromatic carbocycles. The minimum atomic E-state index is -1.37. The molecule has 0 saturated carbocycles. The summed E-state index contributed by atoms with van der Waals surface area (Å²) in [6, 6.07) is 1.65. The van der Waals surface area contributed by atoms with Crippen LogP contribution in [0.15, 0.2) is 10.5 Å². The van der Waals surface area contributed by atoms with Gasteiger partial charge in [-0.2, -0.15) is 5.26 Å². The fourth-order valence-corrected chi connectivity index (χ4v) is 1.83. The van der Waals surface area contributed by atoms with Gasteiger partial charge in [0.1, 0.15) is 17.4 Å². The normalized spacial score (nSPS) is 11.5. The third kappa shape index (κ3) is 5.76. The van der Waals surface area contributed by atoms with E-state index in [4.69, 9.17) is 15.1 Å². The summed E-state index contributed by atoms with van der Waals surface area (Å²) in [6.07, 6.45) is -0.706. The zero-order valence-electron chi connectivity index (χ0n) is 12.1. The number of aliphatic carboxylic acids is 1. The Morgan fingerprint density at radius 1 is 1.55 bits per heavy atom. The molecule has 0 aliphatic heterocycles. The SMILES string of the molecule is CC(C)(C)OC(=O)Nc1nc(/C(=N/OCC#N)C(=O)O)cs1. The Hall–Kier alpha value is -2.67. The third-order valence-corrected chi connectivity index (χ3v) is 2.60. The van der Waals surface area contributed by atoms with Crippen molar-refractivity contribution in [1.82, 2.24) is 4.98 Å². The number of thiazole rings is 1. The molecular weight excluding hydrogens is 312 g/mol. The van der Waals surface area contributed by atoms with Gasteiger partial charge in [0.25, 0.3) is 0 Å². The second-order valence-electron chi connectivity index (χ2n) is 4.84. The number of nitriles is 1. The topological polar surface area (TPSA) is 134 Å². The highest BCUT2D eigenvalue weighted by molar-refractivity contribution is 7.14. The van der Waals surface area contributed by atoms with Crippen LogP contribution in [0.5, 0.6) is 0 Å². The Balaban J connectivity index is 2.81. The molecule has 1 amide bonds. The van der Waals surface area contributed by atoms with Gasteiger partial charge in [0.15, 0.2) is 5.13 Å². The Morgan fingerprint density at radius 3 is 2.77 bits per heavy atom. The van der Waals surface area contributed by atoms with Crippen molar-refractivity contribution in [3.8, 4) is 6.07 Å². The molecule has 0 unspecified atom stereocenters. The lowest BCUT2D eigenvalue weighted by Crippen LogP contribution is -2.27. The quantitative estimate of drug-likeness (QED) is 0.478. The first-order valence-corrected chi connectivity index (χ1v) is 6.87. The molecular formula is C12H14N4O5S. The molecule has 0 aliphatic carbocycles. The summed E-state index contributed by atoms with van der Waals surface area (Å²) in [5, 5.41) is 24.6. The van der Waals surface area contributed by atoms with Gasteiger partial charge in [-0.05, 0) is 20.8 Å². The number of anilines is 1. The summed E-state index contributed by atoms with van der Waals surface area (Å²) in [6.45, 7) is 4.74. The number of hydrogen-bond acceptors (Lipinski definition) is 8. The van der Waals surface area contributed by atoms with Crippen LogP contribution in [0.1, 0.15) is 26.5 Å². The maximum Gasteiger partial charge on any atom is 0.413 e. The molecule has 22 heavy (non-hydrogen) atoms. The van der Waals surface area contributed by atoms with Crippen molar-refractivity contribution in [3.63, 3.8) is 0 Å². The maximum absolute atomic E-state index is 11.6. The van der Waals surface area contributed by atoms with Gasteiger partial charge >= 0.3 is 12.1 Å². The van der Waals surface area contributed by atoms with Crippen molar-refractivity contribution in [2.75, 3.05) is 11.9 Å². The van der Waals surface area contributed by atoms with E-state index in [1.54, 1.807) is 26.8 Å². The van der Waals surface area contributed by atoms with Crippen LogP contribution in [0.25, 0.3) is 0 Å². The van der Waals surface area contributed by atoms with Gasteiger partial charge in [0.05, 0.1) is 0 Å². The zero-order chi connectivity index (χ0) is 16.8. The predicted octanol–water partition coefficient (Wildman–Crippen LogP) is 1.82. The molecule has 0 atom stereocenters. The summed E-state index contributed by atoms with van der Waals surface area (Å²) in [5.41, 5.74) is -1.13. The Morgan fingerprint density at radius 2 is 2.23 bits per heavy atom. The average Bonchev–Trinajstić information content (AvgIpc) is 2.79. The largest absolute Gasteiger partial charge is 0.476 e. The third-order valence-electron chi connectivity index (χ3n) is 1.84. The van der Waals surface area contributed by atoms with Crippen LogP contribution in [0.3, 0.4) is 0 Å². The number of oxime groups is 1. The molecule has 1 rings (SSSR count). The highest BCUT2D eigenvalue weighted by Gasteiger charge is 2.20. The lowest BCUT2D eigenvalue weighted by Gasteiger charge is -2.18. The van der Waals surface area contributed by atoms with E-state index in [0.29, 0.717) is 0 Å². The van der Waals surface area contributed by atoms with E-state index in [2.05, 4.69) is 20.3 Å². The van der Waals surface area contributed by atoms with Gasteiger partial charge < -0.3 is 14.7 Å². The van der Waals surface area contributed by atoms with Crippen LogP contribution >= 0.6 is 11.3 Å². The molecule has 0 spiro atoms. The molecule has 1 aromatic rings. The van der Waals surface area contributed by atoms with Crippen LogP contribution in [0.4, 0.5) is 9.93 Å². The van der Waals surface area contributed by atoms with E-state index < -0.39 is 23.4 Å². The highest BCUT2D eigenvalue weighted by atomic mass is 32.1. The van der Waals surface area contributed by atoms with Crippen molar-refractivity contribution in [2.45, 2.75) is 26.4 Å². The molecule has 0 aliphatic rings. The Labute approximate surface area is 130 Å². The number of carbonyl (C=O) groups is 2. The van der Waals surface area contributed by atoms with E-state index >= 15 is 0 Å². The second-order valence-corrected chi connectivity index (χ2v) is 5.70. The van der Waals surface area contributed by atoms with Crippen molar-refractivity contribution >= 4 is 34.2 Å². The molecule has 1 aromatic heterocycles. The van der Waals surface area contributed by atoms with E-state index in [9.17, 15) is 9.59 Å². The highest BCUT2D eigenvalue weighted by Crippen LogP contribution is 2.18. The van der Waals surface area contributed by atoms with Crippen LogP contribution in [-0.4, -0.2) is 40.1 Å². The van der Waals surface area contributed by atoms with Crippen LogP contribution < -0.4 is 5.32 Å². The molecule has 1 heterocycles. The number of amides is 1. The zero-order valence-corrected chi connectivity index (χ0v) is 12.9. The lowest BCUT2D eigenvalue weighted by molar-refractivity contribution is -0.129. The number of hydrogen-bond donors (Lipinski definition) is 2. The van der Waals surface area contributed by atoms with Gasteiger partial charge in [-0.25, -0.2) is 14.6 Å². The van der Waals surface area contributed by atoms with Crippen LogP contribution in [-0.2, 0) is 14.4 Å².